The fraction of sp³-hybridized carbons (Fsp3) is 0.591. The molecule has 2 fully saturated rings. The van der Waals surface area contributed by atoms with Crippen molar-refractivity contribution in [1.82, 2.24) is 4.90 Å². The zero-order chi connectivity index (χ0) is 19.0. The average Bonchev–Trinajstić information content (AvgIpc) is 2.99. The Balaban J connectivity index is 1.71. The lowest BCUT2D eigenvalue weighted by Crippen LogP contribution is -2.76. The molecule has 1 aromatic rings. The zero-order valence-electron chi connectivity index (χ0n) is 16.2. The SMILES string of the molecule is COc1ccc2c3c1OC1C(=O)CCC4(O)[C@@H](C2)N(CC=C(C)C)CC[C@]314. The van der Waals surface area contributed by atoms with E-state index in [1.807, 2.05) is 6.07 Å². The second-order valence-corrected chi connectivity index (χ2v) is 8.74. The Bertz CT molecular complexity index is 858. The van der Waals surface area contributed by atoms with E-state index in [1.165, 1.54) is 11.1 Å². The summed E-state index contributed by atoms with van der Waals surface area (Å²) in [6.45, 7) is 5.91. The molecule has 2 bridgehead atoms. The van der Waals surface area contributed by atoms with E-state index in [-0.39, 0.29) is 11.8 Å². The summed E-state index contributed by atoms with van der Waals surface area (Å²) in [6, 6.07) is 4.04. The number of hydrogen-bond donors (Lipinski definition) is 1. The third kappa shape index (κ3) is 1.99. The van der Waals surface area contributed by atoms with Crippen molar-refractivity contribution >= 4 is 5.78 Å². The number of Topliss-reactive ketones (excluding diaryl/α,β-unsaturated/α-hetero) is 1. The number of hydrogen-bond acceptors (Lipinski definition) is 5. The Morgan fingerprint density at radius 2 is 2.22 bits per heavy atom. The van der Waals surface area contributed by atoms with Gasteiger partial charge in [0.2, 0.25) is 0 Å². The second-order valence-electron chi connectivity index (χ2n) is 8.74. The smallest absolute Gasteiger partial charge is 0.174 e. The van der Waals surface area contributed by atoms with Gasteiger partial charge in [-0.15, -0.1) is 0 Å². The molecule has 27 heavy (non-hydrogen) atoms. The molecule has 2 unspecified atom stereocenters. The normalized spacial score (nSPS) is 36.1. The Morgan fingerprint density at radius 3 is 2.96 bits per heavy atom. The van der Waals surface area contributed by atoms with E-state index < -0.39 is 17.1 Å². The Morgan fingerprint density at radius 1 is 1.41 bits per heavy atom. The van der Waals surface area contributed by atoms with Crippen LogP contribution in [0.15, 0.2) is 23.8 Å². The van der Waals surface area contributed by atoms with E-state index in [2.05, 4.69) is 30.9 Å². The molecule has 1 N–H and O–H groups in total. The third-order valence-electron chi connectivity index (χ3n) is 7.31. The van der Waals surface area contributed by atoms with Crippen LogP contribution in [-0.2, 0) is 16.6 Å². The first-order chi connectivity index (χ1) is 12.9. The first kappa shape index (κ1) is 17.3. The molecule has 0 aromatic heterocycles. The van der Waals surface area contributed by atoms with Crippen molar-refractivity contribution < 1.29 is 19.4 Å². The number of ketones is 1. The maximum absolute atomic E-state index is 12.9. The summed E-state index contributed by atoms with van der Waals surface area (Å²) in [5, 5.41) is 12.1. The van der Waals surface area contributed by atoms with E-state index in [0.717, 1.165) is 31.5 Å². The van der Waals surface area contributed by atoms with Gasteiger partial charge in [-0.1, -0.05) is 17.7 Å². The first-order valence-electron chi connectivity index (χ1n) is 9.92. The molecule has 1 aromatic carbocycles. The van der Waals surface area contributed by atoms with E-state index in [0.29, 0.717) is 24.3 Å². The number of aliphatic hydroxyl groups is 1. The summed E-state index contributed by atoms with van der Waals surface area (Å²) in [6.07, 6.45) is 4.05. The quantitative estimate of drug-likeness (QED) is 0.829. The maximum Gasteiger partial charge on any atom is 0.174 e. The van der Waals surface area contributed by atoms with Gasteiger partial charge in [-0.25, -0.2) is 0 Å². The van der Waals surface area contributed by atoms with Gasteiger partial charge in [-0.3, -0.25) is 9.69 Å². The molecule has 0 amide bonds. The summed E-state index contributed by atoms with van der Waals surface area (Å²) in [4.78, 5) is 15.3. The number of carbonyl (C=O) groups excluding carboxylic acids is 1. The number of likely N-dealkylation sites (tertiary alicyclic amines) is 1. The lowest BCUT2D eigenvalue weighted by molar-refractivity contribution is -0.187. The molecule has 0 radical (unpaired) electrons. The standard InChI is InChI=1S/C22H27NO4/c1-13(2)7-10-23-11-9-21-18-14-4-5-16(26-3)19(18)27-20(21)15(24)6-8-22(21,25)17(23)12-14/h4-5,7,17,20,25H,6,8-12H2,1-3H3/t17-,20?,21+,22?/m1/s1. The zero-order valence-corrected chi connectivity index (χ0v) is 16.2. The van der Waals surface area contributed by atoms with Crippen LogP contribution in [0.3, 0.4) is 0 Å². The fourth-order valence-corrected chi connectivity index (χ4v) is 6.08. The highest BCUT2D eigenvalue weighted by atomic mass is 16.5. The van der Waals surface area contributed by atoms with E-state index in [9.17, 15) is 9.90 Å². The van der Waals surface area contributed by atoms with Gasteiger partial charge < -0.3 is 14.6 Å². The summed E-state index contributed by atoms with van der Waals surface area (Å²) in [7, 11) is 1.63. The summed E-state index contributed by atoms with van der Waals surface area (Å²) < 4.78 is 11.8. The van der Waals surface area contributed by atoms with Gasteiger partial charge in [-0.05, 0) is 44.7 Å². The minimum Gasteiger partial charge on any atom is -0.493 e. The van der Waals surface area contributed by atoms with Crippen LogP contribution in [0.4, 0.5) is 0 Å². The molecule has 1 saturated carbocycles. The van der Waals surface area contributed by atoms with Gasteiger partial charge in [0, 0.05) is 31.1 Å². The fourth-order valence-electron chi connectivity index (χ4n) is 6.08. The highest BCUT2D eigenvalue weighted by Gasteiger charge is 2.73. The van der Waals surface area contributed by atoms with Gasteiger partial charge >= 0.3 is 0 Å². The van der Waals surface area contributed by atoms with Crippen LogP contribution in [-0.4, -0.2) is 53.7 Å². The monoisotopic (exact) mass is 369 g/mol. The van der Waals surface area contributed by atoms with Gasteiger partial charge in [0.05, 0.1) is 18.1 Å². The van der Waals surface area contributed by atoms with Crippen molar-refractivity contribution in [3.63, 3.8) is 0 Å². The van der Waals surface area contributed by atoms with Crippen LogP contribution < -0.4 is 9.47 Å². The number of benzene rings is 1. The molecule has 4 atom stereocenters. The summed E-state index contributed by atoms with van der Waals surface area (Å²) >= 11 is 0. The molecule has 5 heteroatoms. The molecule has 5 nitrogen and oxygen atoms in total. The molecule has 2 aliphatic heterocycles. The number of allylic oxidation sites excluding steroid dienone is 1. The Hall–Kier alpha value is -1.85. The predicted octanol–water partition coefficient (Wildman–Crippen LogP) is 2.38. The van der Waals surface area contributed by atoms with Crippen molar-refractivity contribution in [2.24, 2.45) is 0 Å². The van der Waals surface area contributed by atoms with E-state index in [4.69, 9.17) is 9.47 Å². The lowest BCUT2D eigenvalue weighted by atomic mass is 9.49. The topological polar surface area (TPSA) is 59.0 Å². The van der Waals surface area contributed by atoms with Crippen molar-refractivity contribution in [1.29, 1.82) is 0 Å². The molecule has 5 rings (SSSR count). The third-order valence-corrected chi connectivity index (χ3v) is 7.31. The molecule has 1 spiro atoms. The van der Waals surface area contributed by atoms with E-state index >= 15 is 0 Å². The van der Waals surface area contributed by atoms with Gasteiger partial charge in [0.1, 0.15) is 0 Å². The molecule has 4 aliphatic rings. The van der Waals surface area contributed by atoms with Crippen molar-refractivity contribution in [2.45, 2.75) is 62.7 Å². The van der Waals surface area contributed by atoms with Crippen LogP contribution >= 0.6 is 0 Å². The average molecular weight is 369 g/mol. The second kappa shape index (κ2) is 5.58. The van der Waals surface area contributed by atoms with Gasteiger partial charge in [-0.2, -0.15) is 0 Å². The van der Waals surface area contributed by atoms with Crippen LogP contribution in [0.1, 0.15) is 44.2 Å². The number of piperidine rings is 1. The largest absolute Gasteiger partial charge is 0.493 e. The van der Waals surface area contributed by atoms with Crippen LogP contribution in [0.5, 0.6) is 11.5 Å². The van der Waals surface area contributed by atoms with Gasteiger partial charge in [0.15, 0.2) is 23.4 Å². The first-order valence-corrected chi connectivity index (χ1v) is 9.92. The molecular formula is C22H27NO4. The van der Waals surface area contributed by atoms with E-state index in [1.54, 1.807) is 7.11 Å². The highest BCUT2D eigenvalue weighted by molar-refractivity contribution is 5.90. The number of methoxy groups -OCH3 is 1. The van der Waals surface area contributed by atoms with Gasteiger partial charge in [0.25, 0.3) is 0 Å². The highest BCUT2D eigenvalue weighted by Crippen LogP contribution is 2.64. The number of nitrogens with zero attached hydrogens (tertiary/aromatic N) is 1. The number of carbonyl (C=O) groups is 1. The van der Waals surface area contributed by atoms with Crippen molar-refractivity contribution in [2.75, 3.05) is 20.2 Å². The van der Waals surface area contributed by atoms with Crippen molar-refractivity contribution in [3.8, 4) is 11.5 Å². The van der Waals surface area contributed by atoms with Crippen molar-refractivity contribution in [3.05, 3.63) is 34.9 Å². The number of ether oxygens (including phenoxy) is 2. The maximum atomic E-state index is 12.9. The Labute approximate surface area is 160 Å². The Kier molecular flexibility index (Phi) is 3.57. The molecular weight excluding hydrogens is 342 g/mol. The molecule has 144 valence electrons. The molecule has 1 saturated heterocycles. The molecule has 2 heterocycles. The summed E-state index contributed by atoms with van der Waals surface area (Å²) in [5.41, 5.74) is 1.95. The summed E-state index contributed by atoms with van der Waals surface area (Å²) in [5.74, 6) is 1.46. The minimum absolute atomic E-state index is 0.00731. The number of rotatable bonds is 3. The van der Waals surface area contributed by atoms with Crippen LogP contribution in [0.25, 0.3) is 0 Å². The van der Waals surface area contributed by atoms with Crippen LogP contribution in [0.2, 0.25) is 0 Å². The van der Waals surface area contributed by atoms with Crippen LogP contribution in [0, 0.1) is 0 Å². The molecule has 2 aliphatic carbocycles. The predicted molar refractivity (Wildman–Crippen MR) is 101 cm³/mol. The minimum atomic E-state index is -0.941. The lowest BCUT2D eigenvalue weighted by Gasteiger charge is -2.62.